The van der Waals surface area contributed by atoms with Gasteiger partial charge in [0.05, 0.1) is 12.4 Å². The van der Waals surface area contributed by atoms with E-state index in [4.69, 9.17) is 11.1 Å². The summed E-state index contributed by atoms with van der Waals surface area (Å²) in [4.78, 5) is 27.8. The molecule has 0 aliphatic rings. The summed E-state index contributed by atoms with van der Waals surface area (Å²) < 4.78 is 0. The van der Waals surface area contributed by atoms with Gasteiger partial charge in [-0.15, -0.1) is 0 Å². The van der Waals surface area contributed by atoms with E-state index in [9.17, 15) is 9.59 Å². The summed E-state index contributed by atoms with van der Waals surface area (Å²) in [5.41, 5.74) is 8.07. The molecular formula is C26H37N5O2. The number of carbonyl (C=O) groups is 2. The Labute approximate surface area is 197 Å². The number of rotatable bonds is 14. The molecular weight excluding hydrogens is 414 g/mol. The van der Waals surface area contributed by atoms with Crippen LogP contribution >= 0.6 is 0 Å². The van der Waals surface area contributed by atoms with Gasteiger partial charge in [-0.3, -0.25) is 15.0 Å². The predicted octanol–water partition coefficient (Wildman–Crippen LogP) is 2.50. The van der Waals surface area contributed by atoms with Gasteiger partial charge >= 0.3 is 0 Å². The average molecular weight is 452 g/mol. The van der Waals surface area contributed by atoms with E-state index in [-0.39, 0.29) is 24.2 Å². The normalized spacial score (nSPS) is 11.5. The summed E-state index contributed by atoms with van der Waals surface area (Å²) >= 11 is 0. The Morgan fingerprint density at radius 3 is 2.12 bits per heavy atom. The molecule has 5 N–H and O–H groups in total. The average Bonchev–Trinajstić information content (AvgIpc) is 2.83. The fourth-order valence-electron chi connectivity index (χ4n) is 3.66. The zero-order chi connectivity index (χ0) is 23.9. The largest absolute Gasteiger partial charge is 0.365 e. The fraction of sp³-hybridized carbons (Fsp3) is 0.423. The minimum atomic E-state index is -0.589. The molecule has 0 radical (unpaired) electrons. The third kappa shape index (κ3) is 9.87. The molecule has 2 rings (SSSR count). The second-order valence-corrected chi connectivity index (χ2v) is 8.13. The highest BCUT2D eigenvalue weighted by Gasteiger charge is 2.29. The van der Waals surface area contributed by atoms with Crippen LogP contribution in [0.4, 0.5) is 0 Å². The lowest BCUT2D eigenvalue weighted by atomic mass is 10.1. The molecule has 0 saturated carbocycles. The highest BCUT2D eigenvalue weighted by Crippen LogP contribution is 2.11. The second kappa shape index (κ2) is 14.8. The molecule has 2 aromatic rings. The predicted molar refractivity (Wildman–Crippen MR) is 133 cm³/mol. The Morgan fingerprint density at radius 2 is 1.55 bits per heavy atom. The van der Waals surface area contributed by atoms with Crippen molar-refractivity contribution in [2.45, 2.75) is 45.1 Å². The summed E-state index contributed by atoms with van der Waals surface area (Å²) in [6.07, 6.45) is 3.51. The van der Waals surface area contributed by atoms with Crippen LogP contribution in [0.3, 0.4) is 0 Å². The van der Waals surface area contributed by atoms with Crippen molar-refractivity contribution in [3.8, 4) is 0 Å². The highest BCUT2D eigenvalue weighted by molar-refractivity contribution is 5.90. The summed E-state index contributed by atoms with van der Waals surface area (Å²) in [6, 6.07) is 19.5. The monoisotopic (exact) mass is 451 g/mol. The van der Waals surface area contributed by atoms with E-state index in [2.05, 4.69) is 22.8 Å². The molecule has 0 aliphatic heterocycles. The van der Waals surface area contributed by atoms with Crippen molar-refractivity contribution >= 4 is 17.6 Å². The minimum absolute atomic E-state index is 0.00939. The number of nitrogens with two attached hydrogens (primary N) is 1. The number of benzene rings is 2. The molecule has 178 valence electrons. The van der Waals surface area contributed by atoms with Gasteiger partial charge < -0.3 is 21.3 Å². The number of carbonyl (C=O) groups excluding carboxylic acids is 2. The molecule has 0 aromatic heterocycles. The third-order valence-electron chi connectivity index (χ3n) is 5.45. The lowest BCUT2D eigenvalue weighted by Crippen LogP contribution is -2.53. The summed E-state index contributed by atoms with van der Waals surface area (Å²) in [7, 11) is 0. The standard InChI is InChI=1S/C26H37N5O2/c1-21(28)30-20-25(32)31(19-16-23-12-6-3-7-13-23)24(15-8-17-27)26(33)29-18-9-14-22-10-4-2-5-11-22/h2-7,10-13,24H,8-9,14-20,27H2,1H3,(H2,28,30)(H,29,33). The number of amides is 2. The molecule has 1 unspecified atom stereocenters. The lowest BCUT2D eigenvalue weighted by molar-refractivity contribution is -0.140. The molecule has 7 heteroatoms. The summed E-state index contributed by atoms with van der Waals surface area (Å²) in [5.74, 6) is -0.126. The van der Waals surface area contributed by atoms with E-state index in [0.717, 1.165) is 18.4 Å². The minimum Gasteiger partial charge on any atom is -0.365 e. The van der Waals surface area contributed by atoms with Gasteiger partial charge in [0, 0.05) is 13.1 Å². The number of nitrogens with one attached hydrogen (secondary N) is 3. The Bertz CT molecular complexity index is 858. The topological polar surface area (TPSA) is 111 Å². The molecule has 0 saturated heterocycles. The van der Waals surface area contributed by atoms with E-state index >= 15 is 0 Å². The smallest absolute Gasteiger partial charge is 0.242 e. The van der Waals surface area contributed by atoms with Crippen molar-refractivity contribution in [3.63, 3.8) is 0 Å². The molecule has 2 amide bonds. The van der Waals surface area contributed by atoms with Crippen LogP contribution in [-0.2, 0) is 22.4 Å². The number of hydrogen-bond acceptors (Lipinski definition) is 4. The lowest BCUT2D eigenvalue weighted by Gasteiger charge is -2.31. The molecule has 0 heterocycles. The number of hydrogen-bond donors (Lipinski definition) is 4. The molecule has 0 aliphatic carbocycles. The van der Waals surface area contributed by atoms with Crippen LogP contribution in [0.25, 0.3) is 0 Å². The first-order valence-electron chi connectivity index (χ1n) is 11.7. The number of amidine groups is 1. The summed E-state index contributed by atoms with van der Waals surface area (Å²) in [6.45, 7) is 3.01. The van der Waals surface area contributed by atoms with E-state index in [0.29, 0.717) is 38.9 Å². The van der Waals surface area contributed by atoms with Crippen molar-refractivity contribution in [1.29, 1.82) is 5.41 Å². The molecule has 0 fully saturated rings. The molecule has 0 bridgehead atoms. The Morgan fingerprint density at radius 1 is 0.939 bits per heavy atom. The highest BCUT2D eigenvalue weighted by atomic mass is 16.2. The van der Waals surface area contributed by atoms with E-state index in [1.165, 1.54) is 5.56 Å². The van der Waals surface area contributed by atoms with Crippen LogP contribution in [0, 0.1) is 5.41 Å². The maximum absolute atomic E-state index is 13.1. The maximum atomic E-state index is 13.1. The van der Waals surface area contributed by atoms with E-state index in [1.807, 2.05) is 48.5 Å². The van der Waals surface area contributed by atoms with Gasteiger partial charge in [0.15, 0.2) is 0 Å². The van der Waals surface area contributed by atoms with Gasteiger partial charge in [-0.1, -0.05) is 60.7 Å². The summed E-state index contributed by atoms with van der Waals surface area (Å²) in [5, 5.41) is 13.4. The van der Waals surface area contributed by atoms with Crippen molar-refractivity contribution in [2.24, 2.45) is 5.73 Å². The Kier molecular flexibility index (Phi) is 11.7. The van der Waals surface area contributed by atoms with E-state index in [1.54, 1.807) is 11.8 Å². The maximum Gasteiger partial charge on any atom is 0.242 e. The van der Waals surface area contributed by atoms with Gasteiger partial charge in [-0.2, -0.15) is 0 Å². The van der Waals surface area contributed by atoms with Gasteiger partial charge in [0.1, 0.15) is 6.04 Å². The van der Waals surface area contributed by atoms with Gasteiger partial charge in [-0.25, -0.2) is 0 Å². The van der Waals surface area contributed by atoms with Gasteiger partial charge in [0.2, 0.25) is 11.8 Å². The van der Waals surface area contributed by atoms with Crippen LogP contribution in [0.15, 0.2) is 60.7 Å². The fourth-order valence-corrected chi connectivity index (χ4v) is 3.66. The number of aryl methyl sites for hydroxylation is 1. The van der Waals surface area contributed by atoms with Crippen LogP contribution < -0.4 is 16.4 Å². The molecule has 2 aromatic carbocycles. The van der Waals surface area contributed by atoms with Crippen LogP contribution in [0.2, 0.25) is 0 Å². The van der Waals surface area contributed by atoms with Crippen molar-refractivity contribution in [2.75, 3.05) is 26.2 Å². The van der Waals surface area contributed by atoms with Crippen molar-refractivity contribution in [3.05, 3.63) is 71.8 Å². The second-order valence-electron chi connectivity index (χ2n) is 8.13. The first kappa shape index (κ1) is 26.1. The zero-order valence-electron chi connectivity index (χ0n) is 19.6. The van der Waals surface area contributed by atoms with Crippen LogP contribution in [0.1, 0.15) is 37.3 Å². The molecule has 7 nitrogen and oxygen atoms in total. The molecule has 1 atom stereocenters. The molecule has 33 heavy (non-hydrogen) atoms. The first-order valence-corrected chi connectivity index (χ1v) is 11.7. The molecule has 0 spiro atoms. The Balaban J connectivity index is 2.04. The van der Waals surface area contributed by atoms with Gasteiger partial charge in [-0.05, 0) is 56.7 Å². The Hall–Kier alpha value is -3.19. The SMILES string of the molecule is CC(=N)NCC(=O)N(CCc1ccccc1)C(CCCN)C(=O)NCCCc1ccccc1. The number of nitrogens with zero attached hydrogens (tertiary/aromatic N) is 1. The third-order valence-corrected chi connectivity index (χ3v) is 5.45. The van der Waals surface area contributed by atoms with Crippen molar-refractivity contribution in [1.82, 2.24) is 15.5 Å². The van der Waals surface area contributed by atoms with Crippen LogP contribution in [0.5, 0.6) is 0 Å². The van der Waals surface area contributed by atoms with E-state index < -0.39 is 6.04 Å². The van der Waals surface area contributed by atoms with Gasteiger partial charge in [0.25, 0.3) is 0 Å². The quantitative estimate of drug-likeness (QED) is 0.201. The first-order chi connectivity index (χ1) is 16.0. The zero-order valence-corrected chi connectivity index (χ0v) is 19.6. The van der Waals surface area contributed by atoms with Crippen LogP contribution in [-0.4, -0.2) is 54.8 Å². The van der Waals surface area contributed by atoms with Crippen molar-refractivity contribution < 1.29 is 9.59 Å².